The average Bonchev–Trinajstić information content (AvgIpc) is 2.74. The second kappa shape index (κ2) is 5.22. The van der Waals surface area contributed by atoms with Crippen molar-refractivity contribution in [2.75, 3.05) is 0 Å². The Morgan fingerprint density at radius 3 is 2.26 bits per heavy atom. The van der Waals surface area contributed by atoms with Gasteiger partial charge in [-0.25, -0.2) is 0 Å². The third-order valence-electron chi connectivity index (χ3n) is 2.58. The van der Waals surface area contributed by atoms with Crippen molar-refractivity contribution in [3.63, 3.8) is 0 Å². The average molecular weight is 287 g/mol. The van der Waals surface area contributed by atoms with Crippen molar-refractivity contribution < 1.29 is 17.9 Å². The molecule has 2 nitrogen and oxygen atoms in total. The fourth-order valence-electron chi connectivity index (χ4n) is 1.70. The lowest BCUT2D eigenvalue weighted by Gasteiger charge is -2.12. The van der Waals surface area contributed by atoms with Crippen molar-refractivity contribution in [1.29, 1.82) is 0 Å². The Balaban J connectivity index is 2.14. The van der Waals surface area contributed by atoms with Gasteiger partial charge in [0.15, 0.2) is 0 Å². The lowest BCUT2D eigenvalue weighted by Crippen LogP contribution is -2.17. The van der Waals surface area contributed by atoms with Gasteiger partial charge in [0.05, 0.1) is 6.04 Å². The van der Waals surface area contributed by atoms with Crippen LogP contribution in [0.1, 0.15) is 22.0 Å². The number of thiophene rings is 1. The number of rotatable bonds is 3. The maximum atomic E-state index is 12.0. The number of ether oxygens (including phenoxy) is 1. The van der Waals surface area contributed by atoms with Gasteiger partial charge in [-0.2, -0.15) is 0 Å². The summed E-state index contributed by atoms with van der Waals surface area (Å²) in [6, 6.07) is 7.24. The van der Waals surface area contributed by atoms with Crippen LogP contribution in [-0.4, -0.2) is 6.36 Å². The summed E-state index contributed by atoms with van der Waals surface area (Å²) >= 11 is 1.58. The number of aryl methyl sites for hydroxylation is 1. The molecular weight excluding hydrogens is 275 g/mol. The Morgan fingerprint density at radius 1 is 1.16 bits per heavy atom. The summed E-state index contributed by atoms with van der Waals surface area (Å²) in [5.41, 5.74) is 7.74. The molecule has 0 bridgehead atoms. The van der Waals surface area contributed by atoms with E-state index in [2.05, 4.69) is 4.74 Å². The molecule has 0 fully saturated rings. The van der Waals surface area contributed by atoms with E-state index in [9.17, 15) is 13.2 Å². The predicted octanol–water partition coefficient (Wildman–Crippen LogP) is 4.00. The van der Waals surface area contributed by atoms with Gasteiger partial charge in [0.1, 0.15) is 5.75 Å². The molecule has 0 aliphatic carbocycles. The Labute approximate surface area is 112 Å². The second-order valence-electron chi connectivity index (χ2n) is 4.09. The summed E-state index contributed by atoms with van der Waals surface area (Å²) < 4.78 is 39.9. The molecule has 19 heavy (non-hydrogen) atoms. The highest BCUT2D eigenvalue weighted by Gasteiger charge is 2.31. The standard InChI is InChI=1S/C13H12F3NOS/c1-8-6-10(7-19-8)12(17)9-2-4-11(5-3-9)18-13(14,15)16/h2-7,12H,17H2,1H3. The van der Waals surface area contributed by atoms with E-state index >= 15 is 0 Å². The van der Waals surface area contributed by atoms with Gasteiger partial charge in [0.2, 0.25) is 0 Å². The van der Waals surface area contributed by atoms with Crippen LogP contribution in [0, 0.1) is 6.92 Å². The lowest BCUT2D eigenvalue weighted by molar-refractivity contribution is -0.274. The lowest BCUT2D eigenvalue weighted by atomic mass is 10.0. The van der Waals surface area contributed by atoms with Crippen molar-refractivity contribution in [3.05, 3.63) is 51.7 Å². The van der Waals surface area contributed by atoms with Crippen LogP contribution >= 0.6 is 11.3 Å². The van der Waals surface area contributed by atoms with Crippen LogP contribution in [0.5, 0.6) is 5.75 Å². The first-order chi connectivity index (χ1) is 8.85. The van der Waals surface area contributed by atoms with Gasteiger partial charge in [-0.3, -0.25) is 0 Å². The van der Waals surface area contributed by atoms with E-state index in [-0.39, 0.29) is 11.8 Å². The minimum Gasteiger partial charge on any atom is -0.406 e. The molecule has 2 rings (SSSR count). The summed E-state index contributed by atoms with van der Waals surface area (Å²) in [4.78, 5) is 1.14. The third-order valence-corrected chi connectivity index (χ3v) is 3.46. The number of nitrogens with two attached hydrogens (primary N) is 1. The quantitative estimate of drug-likeness (QED) is 0.926. The summed E-state index contributed by atoms with van der Waals surface area (Å²) in [5, 5.41) is 1.94. The molecule has 1 unspecified atom stereocenters. The summed E-state index contributed by atoms with van der Waals surface area (Å²) in [5.74, 6) is -0.245. The molecule has 0 aliphatic heterocycles. The Bertz CT molecular complexity index is 548. The molecule has 1 aromatic heterocycles. The highest BCUT2D eigenvalue weighted by molar-refractivity contribution is 7.10. The number of alkyl halides is 3. The molecule has 0 spiro atoms. The monoisotopic (exact) mass is 287 g/mol. The number of hydrogen-bond acceptors (Lipinski definition) is 3. The SMILES string of the molecule is Cc1cc(C(N)c2ccc(OC(F)(F)F)cc2)cs1. The summed E-state index contributed by atoms with van der Waals surface area (Å²) in [7, 11) is 0. The molecule has 0 saturated heterocycles. The van der Waals surface area contributed by atoms with Crippen LogP contribution in [0.3, 0.4) is 0 Å². The minimum atomic E-state index is -4.67. The maximum absolute atomic E-state index is 12.0. The van der Waals surface area contributed by atoms with E-state index in [4.69, 9.17) is 5.73 Å². The number of benzene rings is 1. The van der Waals surface area contributed by atoms with Gasteiger partial charge < -0.3 is 10.5 Å². The molecule has 0 radical (unpaired) electrons. The van der Waals surface area contributed by atoms with Crippen LogP contribution in [0.25, 0.3) is 0 Å². The van der Waals surface area contributed by atoms with E-state index in [1.165, 1.54) is 12.1 Å². The smallest absolute Gasteiger partial charge is 0.406 e. The fourth-order valence-corrected chi connectivity index (χ4v) is 2.44. The third kappa shape index (κ3) is 3.71. The second-order valence-corrected chi connectivity index (χ2v) is 5.20. The molecule has 0 saturated carbocycles. The molecule has 6 heteroatoms. The van der Waals surface area contributed by atoms with Gasteiger partial charge in [-0.15, -0.1) is 24.5 Å². The topological polar surface area (TPSA) is 35.2 Å². The van der Waals surface area contributed by atoms with Crippen LogP contribution in [0.2, 0.25) is 0 Å². The Hall–Kier alpha value is -1.53. The van der Waals surface area contributed by atoms with Gasteiger partial charge >= 0.3 is 6.36 Å². The van der Waals surface area contributed by atoms with E-state index in [0.717, 1.165) is 16.0 Å². The van der Waals surface area contributed by atoms with Gasteiger partial charge in [0.25, 0.3) is 0 Å². The van der Waals surface area contributed by atoms with E-state index in [1.54, 1.807) is 23.5 Å². The van der Waals surface area contributed by atoms with Crippen molar-refractivity contribution in [3.8, 4) is 5.75 Å². The predicted molar refractivity (Wildman–Crippen MR) is 68.2 cm³/mol. The molecule has 0 aliphatic rings. The summed E-state index contributed by atoms with van der Waals surface area (Å²) in [6.45, 7) is 1.97. The van der Waals surface area contributed by atoms with E-state index < -0.39 is 6.36 Å². The minimum absolute atomic E-state index is 0.245. The van der Waals surface area contributed by atoms with Gasteiger partial charge in [-0.05, 0) is 41.6 Å². The van der Waals surface area contributed by atoms with Crippen molar-refractivity contribution >= 4 is 11.3 Å². The first-order valence-electron chi connectivity index (χ1n) is 5.51. The van der Waals surface area contributed by atoms with E-state index in [0.29, 0.717) is 0 Å². The molecule has 1 atom stereocenters. The zero-order valence-electron chi connectivity index (χ0n) is 10.1. The normalized spacial score (nSPS) is 13.3. The fraction of sp³-hybridized carbons (Fsp3) is 0.231. The first-order valence-corrected chi connectivity index (χ1v) is 6.39. The number of halogens is 3. The Morgan fingerprint density at radius 2 is 1.79 bits per heavy atom. The van der Waals surface area contributed by atoms with Crippen molar-refractivity contribution in [1.82, 2.24) is 0 Å². The van der Waals surface area contributed by atoms with Gasteiger partial charge in [-0.1, -0.05) is 12.1 Å². The highest BCUT2D eigenvalue weighted by atomic mass is 32.1. The molecule has 0 amide bonds. The first kappa shape index (κ1) is 13.9. The van der Waals surface area contributed by atoms with Crippen molar-refractivity contribution in [2.45, 2.75) is 19.3 Å². The maximum Gasteiger partial charge on any atom is 0.573 e. The molecule has 2 N–H and O–H groups in total. The van der Waals surface area contributed by atoms with Gasteiger partial charge in [0, 0.05) is 4.88 Å². The highest BCUT2D eigenvalue weighted by Crippen LogP contribution is 2.27. The zero-order chi connectivity index (χ0) is 14.0. The number of hydrogen-bond donors (Lipinski definition) is 1. The van der Waals surface area contributed by atoms with Crippen LogP contribution in [-0.2, 0) is 0 Å². The molecule has 102 valence electrons. The molecule has 1 heterocycles. The summed E-state index contributed by atoms with van der Waals surface area (Å²) in [6.07, 6.45) is -4.67. The van der Waals surface area contributed by atoms with Crippen LogP contribution in [0.15, 0.2) is 35.7 Å². The zero-order valence-corrected chi connectivity index (χ0v) is 10.9. The van der Waals surface area contributed by atoms with Crippen molar-refractivity contribution in [2.24, 2.45) is 5.73 Å². The molecule has 1 aromatic carbocycles. The Kier molecular flexibility index (Phi) is 3.82. The van der Waals surface area contributed by atoms with Crippen LogP contribution < -0.4 is 10.5 Å². The largest absolute Gasteiger partial charge is 0.573 e. The molecule has 2 aromatic rings. The molecular formula is C13H12F3NOS. The van der Waals surface area contributed by atoms with E-state index in [1.807, 2.05) is 18.4 Å². The van der Waals surface area contributed by atoms with Crippen LogP contribution in [0.4, 0.5) is 13.2 Å².